The van der Waals surface area contributed by atoms with Crippen LogP contribution in [0.25, 0.3) is 11.0 Å². The van der Waals surface area contributed by atoms with Crippen LogP contribution >= 0.6 is 23.2 Å². The van der Waals surface area contributed by atoms with Gasteiger partial charge in [0, 0.05) is 15.6 Å². The first-order valence-electron chi connectivity index (χ1n) is 8.51. The third-order valence-corrected chi connectivity index (χ3v) is 5.43. The summed E-state index contributed by atoms with van der Waals surface area (Å²) >= 11 is 12.8. The fourth-order valence-electron chi connectivity index (χ4n) is 3.34. The highest BCUT2D eigenvalue weighted by Gasteiger charge is 2.20. The van der Waals surface area contributed by atoms with E-state index < -0.39 is 0 Å². The van der Waals surface area contributed by atoms with Gasteiger partial charge in [0.25, 0.3) is 0 Å². The van der Waals surface area contributed by atoms with E-state index in [1.54, 1.807) is 0 Å². The molecule has 0 aliphatic carbocycles. The number of para-hydroxylation sites is 2. The van der Waals surface area contributed by atoms with Crippen LogP contribution in [-0.4, -0.2) is 35.9 Å². The molecule has 0 saturated carbocycles. The topological polar surface area (TPSA) is 31.5 Å². The number of aromatic nitrogens is 2. The lowest BCUT2D eigenvalue weighted by atomic mass is 10.2. The SMILES string of the molecule is Clc1cccc(Cl)c1Cn1c(C[NH+]2CCOCC2)nc2ccccc21. The van der Waals surface area contributed by atoms with Crippen molar-refractivity contribution < 1.29 is 9.64 Å². The van der Waals surface area contributed by atoms with E-state index in [1.807, 2.05) is 30.3 Å². The highest BCUT2D eigenvalue weighted by Crippen LogP contribution is 2.27. The van der Waals surface area contributed by atoms with Crippen LogP contribution in [0.15, 0.2) is 42.5 Å². The Hall–Kier alpha value is -1.59. The van der Waals surface area contributed by atoms with Crippen molar-refractivity contribution in [2.24, 2.45) is 0 Å². The van der Waals surface area contributed by atoms with Gasteiger partial charge in [0.05, 0.1) is 30.8 Å². The number of benzene rings is 2. The quantitative estimate of drug-likeness (QED) is 0.758. The third kappa shape index (κ3) is 3.53. The molecule has 2 aromatic carbocycles. The van der Waals surface area contributed by atoms with Crippen LogP contribution in [0.1, 0.15) is 11.4 Å². The summed E-state index contributed by atoms with van der Waals surface area (Å²) in [6, 6.07) is 13.9. The lowest BCUT2D eigenvalue weighted by molar-refractivity contribution is -0.922. The van der Waals surface area contributed by atoms with Crippen molar-refractivity contribution in [3.63, 3.8) is 0 Å². The number of rotatable bonds is 4. The zero-order chi connectivity index (χ0) is 17.2. The maximum absolute atomic E-state index is 6.40. The molecular formula is C19H20Cl2N3O+. The summed E-state index contributed by atoms with van der Waals surface area (Å²) in [6.45, 7) is 5.14. The second kappa shape index (κ2) is 7.34. The zero-order valence-electron chi connectivity index (χ0n) is 13.8. The highest BCUT2D eigenvalue weighted by atomic mass is 35.5. The smallest absolute Gasteiger partial charge is 0.165 e. The molecule has 6 heteroatoms. The Morgan fingerprint density at radius 1 is 1.00 bits per heavy atom. The van der Waals surface area contributed by atoms with E-state index >= 15 is 0 Å². The maximum Gasteiger partial charge on any atom is 0.165 e. The van der Waals surface area contributed by atoms with E-state index in [0.29, 0.717) is 16.6 Å². The average molecular weight is 377 g/mol. The molecule has 1 N–H and O–H groups in total. The van der Waals surface area contributed by atoms with Crippen LogP contribution in [0.3, 0.4) is 0 Å². The summed E-state index contributed by atoms with van der Waals surface area (Å²) in [6.07, 6.45) is 0. The number of fused-ring (bicyclic) bond motifs is 1. The van der Waals surface area contributed by atoms with Crippen molar-refractivity contribution in [3.05, 3.63) is 63.9 Å². The molecule has 0 spiro atoms. The molecule has 1 aromatic heterocycles. The molecule has 0 atom stereocenters. The maximum atomic E-state index is 6.40. The summed E-state index contributed by atoms with van der Waals surface area (Å²) in [7, 11) is 0. The standard InChI is InChI=1S/C19H19Cl2N3O/c20-15-4-3-5-16(21)14(15)12-24-18-7-2-1-6-17(18)22-19(24)13-23-8-10-25-11-9-23/h1-7H,8-13H2/p+1. The summed E-state index contributed by atoms with van der Waals surface area (Å²) in [5.41, 5.74) is 3.06. The molecule has 2 heterocycles. The lowest BCUT2D eigenvalue weighted by Gasteiger charge is -2.23. The van der Waals surface area contributed by atoms with E-state index in [2.05, 4.69) is 16.7 Å². The van der Waals surface area contributed by atoms with Gasteiger partial charge < -0.3 is 14.2 Å². The molecule has 0 radical (unpaired) electrons. The van der Waals surface area contributed by atoms with Crippen molar-refractivity contribution in [2.45, 2.75) is 13.1 Å². The third-order valence-electron chi connectivity index (χ3n) is 4.72. The largest absolute Gasteiger partial charge is 0.370 e. The molecule has 3 aromatic rings. The molecule has 0 unspecified atom stereocenters. The number of hydrogen-bond acceptors (Lipinski definition) is 2. The van der Waals surface area contributed by atoms with Gasteiger partial charge in [0.15, 0.2) is 5.82 Å². The Labute approximate surface area is 156 Å². The predicted octanol–water partition coefficient (Wildman–Crippen LogP) is 2.81. The van der Waals surface area contributed by atoms with Crippen LogP contribution in [0.5, 0.6) is 0 Å². The fraction of sp³-hybridized carbons (Fsp3) is 0.316. The van der Waals surface area contributed by atoms with Crippen molar-refractivity contribution in [1.29, 1.82) is 0 Å². The van der Waals surface area contributed by atoms with Gasteiger partial charge in [0.1, 0.15) is 19.6 Å². The normalized spacial score (nSPS) is 15.8. The first kappa shape index (κ1) is 16.9. The number of halogens is 2. The molecule has 4 rings (SSSR count). The van der Waals surface area contributed by atoms with Gasteiger partial charge in [-0.05, 0) is 24.3 Å². The lowest BCUT2D eigenvalue weighted by Crippen LogP contribution is -3.12. The predicted molar refractivity (Wildman–Crippen MR) is 101 cm³/mol. The number of hydrogen-bond donors (Lipinski definition) is 1. The first-order valence-corrected chi connectivity index (χ1v) is 9.26. The molecular weight excluding hydrogens is 357 g/mol. The summed E-state index contributed by atoms with van der Waals surface area (Å²) in [4.78, 5) is 6.37. The number of ether oxygens (including phenoxy) is 1. The van der Waals surface area contributed by atoms with E-state index in [4.69, 9.17) is 32.9 Å². The van der Waals surface area contributed by atoms with Crippen LogP contribution in [0.4, 0.5) is 0 Å². The second-order valence-corrected chi connectivity index (χ2v) is 7.16. The molecule has 0 bridgehead atoms. The van der Waals surface area contributed by atoms with Gasteiger partial charge >= 0.3 is 0 Å². The Kier molecular flexibility index (Phi) is 4.95. The van der Waals surface area contributed by atoms with Crippen LogP contribution in [0.2, 0.25) is 10.0 Å². The van der Waals surface area contributed by atoms with Crippen LogP contribution in [-0.2, 0) is 17.8 Å². The summed E-state index contributed by atoms with van der Waals surface area (Å²) in [5, 5.41) is 1.38. The molecule has 4 nitrogen and oxygen atoms in total. The molecule has 25 heavy (non-hydrogen) atoms. The number of morpholine rings is 1. The van der Waals surface area contributed by atoms with Crippen molar-refractivity contribution in [3.8, 4) is 0 Å². The van der Waals surface area contributed by atoms with E-state index in [-0.39, 0.29) is 0 Å². The number of quaternary nitrogens is 1. The molecule has 1 aliphatic rings. The van der Waals surface area contributed by atoms with Crippen molar-refractivity contribution >= 4 is 34.2 Å². The number of imidazole rings is 1. The number of nitrogens with one attached hydrogen (secondary N) is 1. The first-order chi connectivity index (χ1) is 12.2. The average Bonchev–Trinajstić information content (AvgIpc) is 2.96. The Bertz CT molecular complexity index is 867. The molecule has 0 amide bonds. The number of nitrogens with zero attached hydrogens (tertiary/aromatic N) is 2. The zero-order valence-corrected chi connectivity index (χ0v) is 15.4. The second-order valence-electron chi connectivity index (χ2n) is 6.34. The Balaban J connectivity index is 1.74. The molecule has 1 aliphatic heterocycles. The minimum absolute atomic E-state index is 0.623. The van der Waals surface area contributed by atoms with E-state index in [9.17, 15) is 0 Å². The minimum atomic E-state index is 0.623. The molecule has 1 saturated heterocycles. The fourth-order valence-corrected chi connectivity index (χ4v) is 3.86. The van der Waals surface area contributed by atoms with E-state index in [0.717, 1.165) is 55.3 Å². The molecule has 1 fully saturated rings. The van der Waals surface area contributed by atoms with Crippen molar-refractivity contribution in [2.75, 3.05) is 26.3 Å². The van der Waals surface area contributed by atoms with Crippen LogP contribution in [0, 0.1) is 0 Å². The monoisotopic (exact) mass is 376 g/mol. The minimum Gasteiger partial charge on any atom is -0.370 e. The van der Waals surface area contributed by atoms with Gasteiger partial charge in [-0.1, -0.05) is 41.4 Å². The van der Waals surface area contributed by atoms with E-state index in [1.165, 1.54) is 4.90 Å². The van der Waals surface area contributed by atoms with Crippen molar-refractivity contribution in [1.82, 2.24) is 9.55 Å². The van der Waals surface area contributed by atoms with Gasteiger partial charge in [-0.25, -0.2) is 4.98 Å². The Morgan fingerprint density at radius 2 is 1.72 bits per heavy atom. The van der Waals surface area contributed by atoms with Gasteiger partial charge in [-0.2, -0.15) is 0 Å². The van der Waals surface area contributed by atoms with Crippen LogP contribution < -0.4 is 4.90 Å². The Morgan fingerprint density at radius 3 is 2.48 bits per heavy atom. The van der Waals surface area contributed by atoms with Gasteiger partial charge in [0.2, 0.25) is 0 Å². The highest BCUT2D eigenvalue weighted by molar-refractivity contribution is 6.36. The summed E-state index contributed by atoms with van der Waals surface area (Å²) < 4.78 is 7.71. The molecule has 130 valence electrons. The van der Waals surface area contributed by atoms with Gasteiger partial charge in [-0.3, -0.25) is 0 Å². The van der Waals surface area contributed by atoms with Gasteiger partial charge in [-0.15, -0.1) is 0 Å². The summed E-state index contributed by atoms with van der Waals surface area (Å²) in [5.74, 6) is 1.06.